The van der Waals surface area contributed by atoms with Crippen LogP contribution in [-0.4, -0.2) is 25.7 Å². The fraction of sp³-hybridized carbons (Fsp3) is 0.615. The first-order chi connectivity index (χ1) is 8.50. The van der Waals surface area contributed by atoms with Crippen molar-refractivity contribution in [2.45, 2.75) is 26.7 Å². The maximum absolute atomic E-state index is 12.0. The van der Waals surface area contributed by atoms with Gasteiger partial charge in [0.05, 0.1) is 8.66 Å². The summed E-state index contributed by atoms with van der Waals surface area (Å²) in [5.74, 6) is 0.0292. The number of thiophene rings is 1. The Bertz CT molecular complexity index is 419. The first-order valence-corrected chi connectivity index (χ1v) is 7.73. The molecule has 0 aromatic carbocycles. The molecule has 0 atom stereocenters. The van der Waals surface area contributed by atoms with E-state index >= 15 is 0 Å². The van der Waals surface area contributed by atoms with Crippen LogP contribution in [0, 0.1) is 12.3 Å². The van der Waals surface area contributed by atoms with Crippen molar-refractivity contribution in [1.29, 1.82) is 0 Å². The van der Waals surface area contributed by atoms with Crippen LogP contribution in [0.1, 0.15) is 35.0 Å². The minimum Gasteiger partial charge on any atom is -0.381 e. The molecule has 3 nitrogen and oxygen atoms in total. The zero-order valence-electron chi connectivity index (χ0n) is 10.7. The van der Waals surface area contributed by atoms with E-state index in [1.807, 2.05) is 13.0 Å². The number of hydrogen-bond donors (Lipinski definition) is 1. The van der Waals surface area contributed by atoms with Gasteiger partial charge in [0.2, 0.25) is 0 Å². The van der Waals surface area contributed by atoms with Crippen molar-refractivity contribution in [2.24, 2.45) is 5.41 Å². The lowest BCUT2D eigenvalue weighted by Crippen LogP contribution is -2.39. The summed E-state index contributed by atoms with van der Waals surface area (Å²) in [5.41, 5.74) is 1.29. The van der Waals surface area contributed by atoms with Crippen LogP contribution in [0.2, 0.25) is 0 Å². The van der Waals surface area contributed by atoms with Crippen molar-refractivity contribution < 1.29 is 9.53 Å². The lowest BCUT2D eigenvalue weighted by Gasteiger charge is -2.33. The fourth-order valence-electron chi connectivity index (χ4n) is 1.99. The normalized spacial score (nSPS) is 18.6. The smallest absolute Gasteiger partial charge is 0.261 e. The SMILES string of the molecule is Cc1cc(C(=O)NCC2(C)CCOCC2)sc1Br. The Morgan fingerprint density at radius 3 is 2.78 bits per heavy atom. The molecule has 1 aromatic heterocycles. The molecule has 1 aromatic rings. The van der Waals surface area contributed by atoms with Crippen LogP contribution < -0.4 is 5.32 Å². The number of rotatable bonds is 3. The average molecular weight is 332 g/mol. The molecule has 1 N–H and O–H groups in total. The van der Waals surface area contributed by atoms with Crippen molar-refractivity contribution >= 4 is 33.2 Å². The van der Waals surface area contributed by atoms with Crippen LogP contribution in [0.15, 0.2) is 9.85 Å². The van der Waals surface area contributed by atoms with E-state index in [1.54, 1.807) is 0 Å². The number of amides is 1. The molecule has 18 heavy (non-hydrogen) atoms. The summed E-state index contributed by atoms with van der Waals surface area (Å²) in [4.78, 5) is 12.8. The largest absolute Gasteiger partial charge is 0.381 e. The van der Waals surface area contributed by atoms with Crippen LogP contribution >= 0.6 is 27.3 Å². The highest BCUT2D eigenvalue weighted by molar-refractivity contribution is 9.11. The van der Waals surface area contributed by atoms with Crippen LogP contribution in [0.4, 0.5) is 0 Å². The van der Waals surface area contributed by atoms with Crippen molar-refractivity contribution in [3.8, 4) is 0 Å². The molecule has 1 fully saturated rings. The van der Waals surface area contributed by atoms with Gasteiger partial charge in [-0.2, -0.15) is 0 Å². The van der Waals surface area contributed by atoms with Gasteiger partial charge in [-0.05, 0) is 52.7 Å². The maximum Gasteiger partial charge on any atom is 0.261 e. The van der Waals surface area contributed by atoms with Gasteiger partial charge in [0.25, 0.3) is 5.91 Å². The molecule has 1 saturated heterocycles. The molecule has 5 heteroatoms. The van der Waals surface area contributed by atoms with E-state index < -0.39 is 0 Å². The van der Waals surface area contributed by atoms with Gasteiger partial charge >= 0.3 is 0 Å². The summed E-state index contributed by atoms with van der Waals surface area (Å²) in [6, 6.07) is 1.93. The lowest BCUT2D eigenvalue weighted by molar-refractivity contribution is 0.0239. The molecular formula is C13H18BrNO2S. The molecule has 1 aliphatic heterocycles. The summed E-state index contributed by atoms with van der Waals surface area (Å²) in [5, 5.41) is 3.04. The Hall–Kier alpha value is -0.390. The molecule has 1 amide bonds. The van der Waals surface area contributed by atoms with E-state index in [2.05, 4.69) is 28.2 Å². The zero-order valence-corrected chi connectivity index (χ0v) is 13.1. The maximum atomic E-state index is 12.0. The van der Waals surface area contributed by atoms with Gasteiger partial charge in [-0.1, -0.05) is 6.92 Å². The van der Waals surface area contributed by atoms with Crippen LogP contribution in [0.5, 0.6) is 0 Å². The van der Waals surface area contributed by atoms with Crippen molar-refractivity contribution in [3.05, 3.63) is 20.3 Å². The number of aryl methyl sites for hydroxylation is 1. The van der Waals surface area contributed by atoms with Gasteiger partial charge in [0.15, 0.2) is 0 Å². The fourth-order valence-corrected chi connectivity index (χ4v) is 3.44. The molecule has 0 radical (unpaired) electrons. The molecule has 0 unspecified atom stereocenters. The second-order valence-corrected chi connectivity index (χ2v) is 7.54. The molecule has 100 valence electrons. The van der Waals surface area contributed by atoms with E-state index in [1.165, 1.54) is 11.3 Å². The monoisotopic (exact) mass is 331 g/mol. The zero-order chi connectivity index (χ0) is 13.2. The van der Waals surface area contributed by atoms with E-state index in [9.17, 15) is 4.79 Å². The number of hydrogen-bond acceptors (Lipinski definition) is 3. The third kappa shape index (κ3) is 3.33. The Balaban J connectivity index is 1.91. The number of nitrogens with one attached hydrogen (secondary N) is 1. The Morgan fingerprint density at radius 2 is 2.22 bits per heavy atom. The molecule has 0 spiro atoms. The van der Waals surface area contributed by atoms with Crippen LogP contribution in [0.25, 0.3) is 0 Å². The number of ether oxygens (including phenoxy) is 1. The number of carbonyl (C=O) groups excluding carboxylic acids is 1. The van der Waals surface area contributed by atoms with E-state index in [0.29, 0.717) is 0 Å². The quantitative estimate of drug-likeness (QED) is 0.922. The summed E-state index contributed by atoms with van der Waals surface area (Å²) in [6.45, 7) is 6.54. The minimum atomic E-state index is 0.0292. The van der Waals surface area contributed by atoms with Crippen molar-refractivity contribution in [1.82, 2.24) is 5.32 Å². The standard InChI is InChI=1S/C13H18BrNO2S/c1-9-7-10(18-11(9)14)12(16)15-8-13(2)3-5-17-6-4-13/h7H,3-6,8H2,1-2H3,(H,15,16). The Morgan fingerprint density at radius 1 is 1.56 bits per heavy atom. The summed E-state index contributed by atoms with van der Waals surface area (Å²) >= 11 is 4.93. The van der Waals surface area contributed by atoms with Gasteiger partial charge in [-0.25, -0.2) is 0 Å². The molecule has 0 saturated carbocycles. The Labute approximate surface area is 120 Å². The summed E-state index contributed by atoms with van der Waals surface area (Å²) < 4.78 is 6.39. The molecular weight excluding hydrogens is 314 g/mol. The van der Waals surface area contributed by atoms with Gasteiger partial charge < -0.3 is 10.1 Å². The van der Waals surface area contributed by atoms with Gasteiger partial charge in [-0.15, -0.1) is 11.3 Å². The molecule has 1 aliphatic rings. The lowest BCUT2D eigenvalue weighted by atomic mass is 9.82. The first-order valence-electron chi connectivity index (χ1n) is 6.12. The van der Waals surface area contributed by atoms with Gasteiger partial charge in [-0.3, -0.25) is 4.79 Å². The van der Waals surface area contributed by atoms with E-state index in [0.717, 1.165) is 46.8 Å². The van der Waals surface area contributed by atoms with Crippen LogP contribution in [0.3, 0.4) is 0 Å². The highest BCUT2D eigenvalue weighted by Crippen LogP contribution is 2.30. The van der Waals surface area contributed by atoms with E-state index in [-0.39, 0.29) is 11.3 Å². The summed E-state index contributed by atoms with van der Waals surface area (Å²) in [6.07, 6.45) is 2.03. The molecule has 0 bridgehead atoms. The average Bonchev–Trinajstić information content (AvgIpc) is 2.68. The molecule has 2 heterocycles. The second-order valence-electron chi connectivity index (χ2n) is 5.17. The highest BCUT2D eigenvalue weighted by atomic mass is 79.9. The van der Waals surface area contributed by atoms with Crippen LogP contribution in [-0.2, 0) is 4.74 Å². The van der Waals surface area contributed by atoms with E-state index in [4.69, 9.17) is 4.74 Å². The minimum absolute atomic E-state index is 0.0292. The predicted octanol–water partition coefficient (Wildman–Crippen LogP) is 3.37. The van der Waals surface area contributed by atoms with Gasteiger partial charge in [0.1, 0.15) is 0 Å². The number of carbonyl (C=O) groups is 1. The van der Waals surface area contributed by atoms with Gasteiger partial charge in [0, 0.05) is 19.8 Å². The topological polar surface area (TPSA) is 38.3 Å². The second kappa shape index (κ2) is 5.72. The molecule has 0 aliphatic carbocycles. The summed E-state index contributed by atoms with van der Waals surface area (Å²) in [7, 11) is 0. The predicted molar refractivity (Wildman–Crippen MR) is 77.2 cm³/mol. The highest BCUT2D eigenvalue weighted by Gasteiger charge is 2.28. The Kier molecular flexibility index (Phi) is 4.45. The van der Waals surface area contributed by atoms with Crippen molar-refractivity contribution in [3.63, 3.8) is 0 Å². The number of halogens is 1. The van der Waals surface area contributed by atoms with Crippen molar-refractivity contribution in [2.75, 3.05) is 19.8 Å². The first kappa shape index (κ1) is 14.0. The molecule has 2 rings (SSSR count). The third-order valence-electron chi connectivity index (χ3n) is 3.46. The third-order valence-corrected chi connectivity index (χ3v) is 5.59.